The summed E-state index contributed by atoms with van der Waals surface area (Å²) in [5.41, 5.74) is -0.377. The van der Waals surface area contributed by atoms with E-state index in [-0.39, 0.29) is 23.8 Å². The summed E-state index contributed by atoms with van der Waals surface area (Å²) in [4.78, 5) is 23.5. The monoisotopic (exact) mass is 331 g/mol. The summed E-state index contributed by atoms with van der Waals surface area (Å²) in [6.45, 7) is 18.6. The highest BCUT2D eigenvalue weighted by molar-refractivity contribution is 5.68. The summed E-state index contributed by atoms with van der Waals surface area (Å²) in [6.07, 6.45) is 2.18. The van der Waals surface area contributed by atoms with Gasteiger partial charge in [-0.05, 0) is 53.4 Å². The first-order chi connectivity index (χ1) is 10.5. The van der Waals surface area contributed by atoms with Crippen molar-refractivity contribution in [2.75, 3.05) is 13.1 Å². The Balaban J connectivity index is 0. The Labute approximate surface area is 142 Å². The van der Waals surface area contributed by atoms with Crippen LogP contribution in [0.4, 0.5) is 4.79 Å². The van der Waals surface area contributed by atoms with Gasteiger partial charge in [-0.1, -0.05) is 20.8 Å². The van der Waals surface area contributed by atoms with Crippen molar-refractivity contribution in [2.45, 2.75) is 86.9 Å². The van der Waals surface area contributed by atoms with Crippen molar-refractivity contribution < 1.29 is 19.1 Å². The van der Waals surface area contributed by atoms with E-state index in [9.17, 15) is 9.59 Å². The van der Waals surface area contributed by atoms with Gasteiger partial charge in [-0.25, -0.2) is 4.79 Å². The second-order valence-electron chi connectivity index (χ2n) is 6.83. The summed E-state index contributed by atoms with van der Waals surface area (Å²) in [6, 6.07) is 0. The molecule has 0 bridgehead atoms. The number of amides is 1. The third-order valence-electron chi connectivity index (χ3n) is 2.71. The van der Waals surface area contributed by atoms with E-state index in [1.54, 1.807) is 0 Å². The molecule has 1 heterocycles. The average molecular weight is 331 g/mol. The first-order valence-electron chi connectivity index (χ1n) is 8.66. The molecule has 0 aromatic heterocycles. The molecule has 0 spiro atoms. The van der Waals surface area contributed by atoms with Crippen molar-refractivity contribution in [3.8, 4) is 0 Å². The highest BCUT2D eigenvalue weighted by Crippen LogP contribution is 2.18. The molecule has 5 nitrogen and oxygen atoms in total. The van der Waals surface area contributed by atoms with E-state index < -0.39 is 0 Å². The molecular weight excluding hydrogens is 294 g/mol. The lowest BCUT2D eigenvalue weighted by Crippen LogP contribution is -2.42. The van der Waals surface area contributed by atoms with E-state index in [1.165, 1.54) is 13.3 Å². The average Bonchev–Trinajstić information content (AvgIpc) is 2.38. The Morgan fingerprint density at radius 1 is 1.17 bits per heavy atom. The van der Waals surface area contributed by atoms with Gasteiger partial charge in [0.2, 0.25) is 0 Å². The van der Waals surface area contributed by atoms with Gasteiger partial charge in [0.05, 0.1) is 6.10 Å². The number of carbonyl (C=O) groups is 2. The van der Waals surface area contributed by atoms with Crippen LogP contribution in [-0.4, -0.2) is 41.8 Å². The minimum Gasteiger partial charge on any atom is -0.463 e. The van der Waals surface area contributed by atoms with E-state index in [4.69, 9.17) is 4.74 Å². The highest BCUT2D eigenvalue weighted by atomic mass is 16.6. The predicted octanol–water partition coefficient (Wildman–Crippen LogP) is 4.64. The fourth-order valence-corrected chi connectivity index (χ4v) is 2.01. The second kappa shape index (κ2) is 12.2. The molecule has 1 rings (SSSR count). The molecule has 0 aromatic rings. The van der Waals surface area contributed by atoms with Gasteiger partial charge >= 0.3 is 12.1 Å². The van der Waals surface area contributed by atoms with Gasteiger partial charge in [0, 0.05) is 20.0 Å². The molecule has 23 heavy (non-hydrogen) atoms. The van der Waals surface area contributed by atoms with Gasteiger partial charge < -0.3 is 14.4 Å². The first kappa shape index (κ1) is 24.0. The Bertz CT molecular complexity index is 334. The molecule has 1 aliphatic rings. The summed E-state index contributed by atoms with van der Waals surface area (Å²) >= 11 is 0. The van der Waals surface area contributed by atoms with Crippen LogP contribution < -0.4 is 0 Å². The summed E-state index contributed by atoms with van der Waals surface area (Å²) in [5.74, 6) is 0.395. The zero-order valence-corrected chi connectivity index (χ0v) is 16.6. The van der Waals surface area contributed by atoms with E-state index >= 15 is 0 Å². The minimum absolute atomic E-state index is 0.0255. The molecule has 0 radical (unpaired) electrons. The molecule has 1 fully saturated rings. The molecule has 1 aliphatic heterocycles. The molecule has 1 unspecified atom stereocenters. The fraction of sp³-hybridized carbons (Fsp3) is 0.889. The van der Waals surface area contributed by atoms with Crippen LogP contribution in [0.15, 0.2) is 0 Å². The number of nitrogens with zero attached hydrogens (tertiary/aromatic N) is 1. The van der Waals surface area contributed by atoms with Gasteiger partial charge in [-0.3, -0.25) is 4.79 Å². The van der Waals surface area contributed by atoms with Crippen molar-refractivity contribution >= 4 is 12.1 Å². The predicted molar refractivity (Wildman–Crippen MR) is 94.5 cm³/mol. The third-order valence-corrected chi connectivity index (χ3v) is 2.71. The van der Waals surface area contributed by atoms with Crippen LogP contribution in [0.1, 0.15) is 75.2 Å². The van der Waals surface area contributed by atoms with Crippen LogP contribution >= 0.6 is 0 Å². The maximum Gasteiger partial charge on any atom is 0.410 e. The number of rotatable bonds is 1. The molecule has 0 aromatic carbocycles. The zero-order chi connectivity index (χ0) is 18.6. The lowest BCUT2D eigenvalue weighted by atomic mass is 10.0. The maximum absolute atomic E-state index is 11.7. The lowest BCUT2D eigenvalue weighted by Gasteiger charge is -2.32. The molecule has 1 amide bonds. The molecule has 0 saturated carbocycles. The van der Waals surface area contributed by atoms with E-state index in [1.807, 2.05) is 53.4 Å². The molecule has 1 atom stereocenters. The number of esters is 1. The SMILES string of the molecule is CC.CC(=O)OC(C)C.CC1CCCN(C(=O)OC(C)(C)C)C1. The maximum atomic E-state index is 11.7. The minimum atomic E-state index is -0.377. The molecule has 0 N–H and O–H groups in total. The van der Waals surface area contributed by atoms with Crippen LogP contribution in [0.25, 0.3) is 0 Å². The normalized spacial score (nSPS) is 17.3. The van der Waals surface area contributed by atoms with Crippen molar-refractivity contribution in [1.29, 1.82) is 0 Å². The van der Waals surface area contributed by atoms with Crippen LogP contribution in [0.3, 0.4) is 0 Å². The zero-order valence-electron chi connectivity index (χ0n) is 16.6. The largest absolute Gasteiger partial charge is 0.463 e. The second-order valence-corrected chi connectivity index (χ2v) is 6.83. The Hall–Kier alpha value is -1.26. The van der Waals surface area contributed by atoms with Crippen LogP contribution in [-0.2, 0) is 14.3 Å². The summed E-state index contributed by atoms with van der Waals surface area (Å²) < 4.78 is 9.92. The smallest absolute Gasteiger partial charge is 0.410 e. The molecule has 138 valence electrons. The summed E-state index contributed by atoms with van der Waals surface area (Å²) in [5, 5.41) is 0. The van der Waals surface area contributed by atoms with Gasteiger partial charge in [0.25, 0.3) is 0 Å². The summed E-state index contributed by atoms with van der Waals surface area (Å²) in [7, 11) is 0. The number of piperidine rings is 1. The highest BCUT2D eigenvalue weighted by Gasteiger charge is 2.25. The van der Waals surface area contributed by atoms with Gasteiger partial charge in [-0.15, -0.1) is 0 Å². The van der Waals surface area contributed by atoms with Crippen molar-refractivity contribution in [3.63, 3.8) is 0 Å². The van der Waals surface area contributed by atoms with Crippen molar-refractivity contribution in [1.82, 2.24) is 4.90 Å². The van der Waals surface area contributed by atoms with Crippen molar-refractivity contribution in [3.05, 3.63) is 0 Å². The third kappa shape index (κ3) is 15.4. The van der Waals surface area contributed by atoms with Crippen LogP contribution in [0, 0.1) is 5.92 Å². The van der Waals surface area contributed by atoms with E-state index in [2.05, 4.69) is 11.7 Å². The fourth-order valence-electron chi connectivity index (χ4n) is 2.01. The first-order valence-corrected chi connectivity index (χ1v) is 8.66. The number of hydrogen-bond donors (Lipinski definition) is 0. The van der Waals surface area contributed by atoms with Crippen molar-refractivity contribution in [2.24, 2.45) is 5.92 Å². The van der Waals surface area contributed by atoms with E-state index in [0.717, 1.165) is 19.5 Å². The number of hydrogen-bond acceptors (Lipinski definition) is 4. The Kier molecular flexibility index (Phi) is 12.7. The molecule has 5 heteroatoms. The van der Waals surface area contributed by atoms with E-state index in [0.29, 0.717) is 5.92 Å². The molecule has 0 aliphatic carbocycles. The number of likely N-dealkylation sites (tertiary alicyclic amines) is 1. The Morgan fingerprint density at radius 3 is 2.00 bits per heavy atom. The van der Waals surface area contributed by atoms with Gasteiger partial charge in [0.15, 0.2) is 0 Å². The number of carbonyl (C=O) groups excluding carboxylic acids is 2. The molecule has 1 saturated heterocycles. The van der Waals surface area contributed by atoms with Crippen LogP contribution in [0.2, 0.25) is 0 Å². The quantitative estimate of drug-likeness (QED) is 0.657. The lowest BCUT2D eigenvalue weighted by molar-refractivity contribution is -0.144. The molecular formula is C18H37NO4. The standard InChI is InChI=1S/C11H21NO2.C5H10O2.C2H6/c1-9-6-5-7-12(8-9)10(13)14-11(2,3)4;1-4(2)7-5(3)6;1-2/h9H,5-8H2,1-4H3;4H,1-3H3;1-2H3. The van der Waals surface area contributed by atoms with Gasteiger partial charge in [0.1, 0.15) is 5.60 Å². The topological polar surface area (TPSA) is 55.8 Å². The van der Waals surface area contributed by atoms with Gasteiger partial charge in [-0.2, -0.15) is 0 Å². The number of ether oxygens (including phenoxy) is 2. The Morgan fingerprint density at radius 2 is 1.70 bits per heavy atom. The van der Waals surface area contributed by atoms with Crippen LogP contribution in [0.5, 0.6) is 0 Å².